The van der Waals surface area contributed by atoms with Crippen LogP contribution >= 0.6 is 24.4 Å². The minimum absolute atomic E-state index is 0.0101. The Morgan fingerprint density at radius 1 is 1.61 bits per heavy atom. The Kier molecular flexibility index (Phi) is 5.98. The lowest BCUT2D eigenvalue weighted by Gasteiger charge is -2.21. The van der Waals surface area contributed by atoms with E-state index < -0.39 is 5.82 Å². The molecule has 3 nitrogen and oxygen atoms in total. The Balaban J connectivity index is 2.73. The number of carbonyl (C=O) groups is 1. The Hall–Kier alpha value is -0.720. The van der Waals surface area contributed by atoms with Crippen molar-refractivity contribution in [2.75, 3.05) is 12.9 Å². The van der Waals surface area contributed by atoms with Gasteiger partial charge in [0.1, 0.15) is 5.82 Å². The first-order chi connectivity index (χ1) is 8.49. The molecule has 0 heterocycles. The van der Waals surface area contributed by atoms with Gasteiger partial charge in [0.25, 0.3) is 5.91 Å². The Morgan fingerprint density at radius 3 is 2.78 bits per heavy atom. The maximum absolute atomic E-state index is 13.0. The molecule has 0 aliphatic heterocycles. The quantitative estimate of drug-likeness (QED) is 0.726. The summed E-state index contributed by atoms with van der Waals surface area (Å²) in [5.74, 6) is -0.759. The van der Waals surface area contributed by atoms with Crippen LogP contribution in [0.5, 0.6) is 0 Å². The van der Waals surface area contributed by atoms with Crippen molar-refractivity contribution in [3.8, 4) is 0 Å². The van der Waals surface area contributed by atoms with Gasteiger partial charge in [-0.15, -0.1) is 12.6 Å². The molecule has 1 rings (SSSR count). The number of nitrogens with one attached hydrogen (secondary N) is 1. The van der Waals surface area contributed by atoms with Crippen LogP contribution in [0.2, 0.25) is 0 Å². The number of thioether (sulfide) groups is 1. The van der Waals surface area contributed by atoms with Gasteiger partial charge in [-0.25, -0.2) is 4.39 Å². The largest absolute Gasteiger partial charge is 0.395 e. The highest BCUT2D eigenvalue weighted by atomic mass is 32.2. The summed E-state index contributed by atoms with van der Waals surface area (Å²) in [4.78, 5) is 12.0. The Morgan fingerprint density at radius 2 is 2.28 bits per heavy atom. The van der Waals surface area contributed by atoms with Crippen molar-refractivity contribution in [1.82, 2.24) is 5.32 Å². The molecule has 1 amide bonds. The van der Waals surface area contributed by atoms with Gasteiger partial charge < -0.3 is 10.4 Å². The molecule has 1 aromatic rings. The van der Waals surface area contributed by atoms with Crippen LogP contribution in [0.1, 0.15) is 17.3 Å². The highest BCUT2D eigenvalue weighted by Gasteiger charge is 2.18. The van der Waals surface area contributed by atoms with E-state index in [1.807, 2.05) is 13.2 Å². The second-order valence-corrected chi connectivity index (χ2v) is 5.44. The molecule has 0 spiro atoms. The van der Waals surface area contributed by atoms with E-state index in [9.17, 15) is 9.18 Å². The SMILES string of the molecule is CSC(CO)C(C)NC(=O)c1ccc(F)c(S)c1. The summed E-state index contributed by atoms with van der Waals surface area (Å²) in [6.45, 7) is 1.81. The highest BCUT2D eigenvalue weighted by molar-refractivity contribution is 7.99. The van der Waals surface area contributed by atoms with Crippen molar-refractivity contribution < 1.29 is 14.3 Å². The van der Waals surface area contributed by atoms with E-state index in [1.54, 1.807) is 0 Å². The molecule has 18 heavy (non-hydrogen) atoms. The molecule has 0 fully saturated rings. The van der Waals surface area contributed by atoms with Crippen LogP contribution in [0, 0.1) is 5.82 Å². The summed E-state index contributed by atoms with van der Waals surface area (Å²) in [5, 5.41) is 11.8. The van der Waals surface area contributed by atoms with Gasteiger partial charge in [-0.3, -0.25) is 4.79 Å². The molecule has 0 saturated heterocycles. The smallest absolute Gasteiger partial charge is 0.251 e. The number of hydrogen-bond acceptors (Lipinski definition) is 4. The van der Waals surface area contributed by atoms with Crippen LogP contribution in [-0.4, -0.2) is 35.2 Å². The third-order valence-corrected chi connectivity index (χ3v) is 4.11. The zero-order chi connectivity index (χ0) is 13.7. The average molecular weight is 289 g/mol. The number of rotatable bonds is 5. The summed E-state index contributed by atoms with van der Waals surface area (Å²) in [6.07, 6.45) is 1.87. The van der Waals surface area contributed by atoms with Crippen LogP contribution in [0.3, 0.4) is 0 Å². The number of aliphatic hydroxyl groups excluding tert-OH is 1. The van der Waals surface area contributed by atoms with Crippen molar-refractivity contribution in [1.29, 1.82) is 0 Å². The average Bonchev–Trinajstić information content (AvgIpc) is 2.34. The molecule has 0 radical (unpaired) electrons. The molecule has 1 aromatic carbocycles. The normalized spacial score (nSPS) is 14.1. The summed E-state index contributed by atoms with van der Waals surface area (Å²) in [7, 11) is 0. The van der Waals surface area contributed by atoms with E-state index >= 15 is 0 Å². The van der Waals surface area contributed by atoms with Crippen molar-refractivity contribution in [2.45, 2.75) is 23.1 Å². The third-order valence-electron chi connectivity index (χ3n) is 2.61. The lowest BCUT2D eigenvalue weighted by Crippen LogP contribution is -2.41. The monoisotopic (exact) mass is 289 g/mol. The maximum Gasteiger partial charge on any atom is 0.251 e. The zero-order valence-corrected chi connectivity index (χ0v) is 11.9. The minimum atomic E-state index is -0.458. The molecule has 0 aliphatic carbocycles. The topological polar surface area (TPSA) is 49.3 Å². The van der Waals surface area contributed by atoms with E-state index in [2.05, 4.69) is 17.9 Å². The predicted molar refractivity (Wildman–Crippen MR) is 75.0 cm³/mol. The number of aliphatic hydroxyl groups is 1. The van der Waals surface area contributed by atoms with Crippen molar-refractivity contribution in [3.05, 3.63) is 29.6 Å². The van der Waals surface area contributed by atoms with Gasteiger partial charge in [0.05, 0.1) is 6.61 Å². The predicted octanol–water partition coefficient (Wildman–Crippen LogP) is 1.96. The highest BCUT2D eigenvalue weighted by Crippen LogP contribution is 2.15. The zero-order valence-electron chi connectivity index (χ0n) is 10.2. The molecule has 2 unspecified atom stereocenters. The molecule has 100 valence electrons. The van der Waals surface area contributed by atoms with Crippen LogP contribution in [0.15, 0.2) is 23.1 Å². The van der Waals surface area contributed by atoms with Crippen LogP contribution in [-0.2, 0) is 0 Å². The number of thiol groups is 1. The van der Waals surface area contributed by atoms with Gasteiger partial charge in [-0.2, -0.15) is 11.8 Å². The molecule has 0 aliphatic rings. The van der Waals surface area contributed by atoms with Crippen molar-refractivity contribution >= 4 is 30.3 Å². The summed E-state index contributed by atoms with van der Waals surface area (Å²) >= 11 is 5.41. The number of hydrogen-bond donors (Lipinski definition) is 3. The molecule has 0 saturated carbocycles. The van der Waals surface area contributed by atoms with Gasteiger partial charge >= 0.3 is 0 Å². The molecule has 6 heteroatoms. The molecular weight excluding hydrogens is 273 g/mol. The second-order valence-electron chi connectivity index (χ2n) is 3.89. The van der Waals surface area contributed by atoms with Gasteiger partial charge in [0, 0.05) is 21.8 Å². The van der Waals surface area contributed by atoms with Gasteiger partial charge in [0.15, 0.2) is 0 Å². The lowest BCUT2D eigenvalue weighted by molar-refractivity contribution is 0.0935. The lowest BCUT2D eigenvalue weighted by atomic mass is 10.1. The first kappa shape index (κ1) is 15.3. The number of amides is 1. The first-order valence-corrected chi connectivity index (χ1v) is 7.16. The van der Waals surface area contributed by atoms with Crippen molar-refractivity contribution in [2.24, 2.45) is 0 Å². The third kappa shape index (κ3) is 3.90. The fraction of sp³-hybridized carbons (Fsp3) is 0.417. The van der Waals surface area contributed by atoms with Crippen LogP contribution < -0.4 is 5.32 Å². The molecule has 2 atom stereocenters. The Labute approximate surface area is 116 Å². The standard InChI is InChI=1S/C12H16FNO2S2/c1-7(11(6-15)18-2)14-12(16)8-3-4-9(13)10(17)5-8/h3-5,7,11,15,17H,6H2,1-2H3,(H,14,16). The molecular formula is C12H16FNO2S2. The Bertz CT molecular complexity index is 425. The van der Waals surface area contributed by atoms with E-state index in [-0.39, 0.29) is 28.7 Å². The molecule has 0 aromatic heterocycles. The van der Waals surface area contributed by atoms with Gasteiger partial charge in [0.2, 0.25) is 0 Å². The van der Waals surface area contributed by atoms with Crippen LogP contribution in [0.25, 0.3) is 0 Å². The number of halogens is 1. The fourth-order valence-electron chi connectivity index (χ4n) is 1.47. The summed E-state index contributed by atoms with van der Waals surface area (Å²) in [5.41, 5.74) is 0.353. The van der Waals surface area contributed by atoms with Crippen LogP contribution in [0.4, 0.5) is 4.39 Å². The van der Waals surface area contributed by atoms with E-state index in [4.69, 9.17) is 5.11 Å². The summed E-state index contributed by atoms with van der Waals surface area (Å²) in [6, 6.07) is 3.82. The van der Waals surface area contributed by atoms with Crippen molar-refractivity contribution in [3.63, 3.8) is 0 Å². The first-order valence-electron chi connectivity index (χ1n) is 5.42. The van der Waals surface area contributed by atoms with Gasteiger partial charge in [-0.05, 0) is 31.4 Å². The summed E-state index contributed by atoms with van der Waals surface area (Å²) < 4.78 is 13.0. The number of carbonyl (C=O) groups excluding carboxylic acids is 1. The molecule has 2 N–H and O–H groups in total. The van der Waals surface area contributed by atoms with E-state index in [1.165, 1.54) is 30.0 Å². The maximum atomic E-state index is 13.0. The minimum Gasteiger partial charge on any atom is -0.395 e. The fourth-order valence-corrected chi connectivity index (χ4v) is 2.31. The van der Waals surface area contributed by atoms with Gasteiger partial charge in [-0.1, -0.05) is 0 Å². The second kappa shape index (κ2) is 7.01. The van der Waals surface area contributed by atoms with E-state index in [0.717, 1.165) is 0 Å². The molecule has 0 bridgehead atoms. The van der Waals surface area contributed by atoms with E-state index in [0.29, 0.717) is 5.56 Å². The number of benzene rings is 1.